The number of ether oxygens (including phenoxy) is 1. The molecule has 0 aromatic heterocycles. The Morgan fingerprint density at radius 2 is 2.57 bits per heavy atom. The van der Waals surface area contributed by atoms with Crippen molar-refractivity contribution in [1.29, 1.82) is 0 Å². The van der Waals surface area contributed by atoms with Crippen LogP contribution in [-0.4, -0.2) is 18.0 Å². The van der Waals surface area contributed by atoms with Gasteiger partial charge in [-0.15, -0.1) is 0 Å². The fourth-order valence-electron chi connectivity index (χ4n) is 0.370. The Kier molecular flexibility index (Phi) is 1.88. The third-order valence-electron chi connectivity index (χ3n) is 0.799. The number of rotatable bonds is 2. The zero-order valence-corrected chi connectivity index (χ0v) is 5.52. The first-order valence-electron chi connectivity index (χ1n) is 2.27. The highest BCUT2D eigenvalue weighted by Gasteiger charge is 2.17. The molecule has 0 aliphatic carbocycles. The summed E-state index contributed by atoms with van der Waals surface area (Å²) in [6.45, 7) is 0.920. The van der Waals surface area contributed by atoms with Crippen LogP contribution >= 0.6 is 15.9 Å². The minimum absolute atomic E-state index is 0.442. The summed E-state index contributed by atoms with van der Waals surface area (Å²) in [5, 5.41) is 0.937. The molecule has 7 heavy (non-hydrogen) atoms. The third-order valence-corrected chi connectivity index (χ3v) is 1.17. The second kappa shape index (κ2) is 2.48. The van der Waals surface area contributed by atoms with Gasteiger partial charge in [0.05, 0.1) is 12.7 Å². The lowest BCUT2D eigenvalue weighted by Gasteiger charge is -1.71. The van der Waals surface area contributed by atoms with Crippen molar-refractivity contribution in [1.82, 2.24) is 0 Å². The van der Waals surface area contributed by atoms with Crippen LogP contribution in [0.25, 0.3) is 0 Å². The average Bonchev–Trinajstić information content (AvgIpc) is 2.42. The number of halogens is 1. The highest BCUT2D eigenvalue weighted by molar-refractivity contribution is 9.09. The molecule has 1 saturated heterocycles. The highest BCUT2D eigenvalue weighted by atomic mass is 79.9. The molecule has 0 aromatic rings. The second-order valence-corrected chi connectivity index (χ2v) is 2.10. The SMILES string of the molecule is BrC/C=C/C1CO1. The Labute approximate surface area is 51.5 Å². The van der Waals surface area contributed by atoms with Gasteiger partial charge >= 0.3 is 0 Å². The first-order valence-corrected chi connectivity index (χ1v) is 3.40. The number of hydrogen-bond donors (Lipinski definition) is 0. The molecular weight excluding hydrogens is 156 g/mol. The topological polar surface area (TPSA) is 12.5 Å². The maximum absolute atomic E-state index is 4.90. The van der Waals surface area contributed by atoms with Gasteiger partial charge in [-0.25, -0.2) is 0 Å². The first kappa shape index (κ1) is 5.32. The Morgan fingerprint density at radius 1 is 1.86 bits per heavy atom. The summed E-state index contributed by atoms with van der Waals surface area (Å²) < 4.78 is 4.90. The lowest BCUT2D eigenvalue weighted by Crippen LogP contribution is -1.72. The number of epoxide rings is 1. The van der Waals surface area contributed by atoms with Crippen molar-refractivity contribution in [2.24, 2.45) is 0 Å². The maximum Gasteiger partial charge on any atom is 0.0991 e. The lowest BCUT2D eigenvalue weighted by molar-refractivity contribution is 0.440. The van der Waals surface area contributed by atoms with Gasteiger partial charge in [-0.2, -0.15) is 0 Å². The Bertz CT molecular complexity index is 76.1. The summed E-state index contributed by atoms with van der Waals surface area (Å²) in [6.07, 6.45) is 4.56. The molecule has 1 aliphatic heterocycles. The molecule has 1 atom stereocenters. The summed E-state index contributed by atoms with van der Waals surface area (Å²) in [7, 11) is 0. The molecule has 0 aromatic carbocycles. The van der Waals surface area contributed by atoms with E-state index in [0.29, 0.717) is 6.10 Å². The Hall–Kier alpha value is 0.180. The predicted octanol–water partition coefficient (Wildman–Crippen LogP) is 1.34. The van der Waals surface area contributed by atoms with Crippen molar-refractivity contribution in [3.8, 4) is 0 Å². The molecule has 0 saturated carbocycles. The largest absolute Gasteiger partial charge is 0.369 e. The van der Waals surface area contributed by atoms with Gasteiger partial charge in [0.2, 0.25) is 0 Å². The van der Waals surface area contributed by atoms with Crippen molar-refractivity contribution in [2.75, 3.05) is 11.9 Å². The van der Waals surface area contributed by atoms with Crippen molar-refractivity contribution < 1.29 is 4.74 Å². The minimum Gasteiger partial charge on any atom is -0.369 e. The van der Waals surface area contributed by atoms with Crippen molar-refractivity contribution >= 4 is 15.9 Å². The Morgan fingerprint density at radius 3 is 3.00 bits per heavy atom. The van der Waals surface area contributed by atoms with E-state index < -0.39 is 0 Å². The smallest absolute Gasteiger partial charge is 0.0991 e. The van der Waals surface area contributed by atoms with Crippen LogP contribution in [-0.2, 0) is 4.74 Å². The number of hydrogen-bond acceptors (Lipinski definition) is 1. The van der Waals surface area contributed by atoms with Crippen LogP contribution in [0.5, 0.6) is 0 Å². The molecule has 0 N–H and O–H groups in total. The average molecular weight is 163 g/mol. The van der Waals surface area contributed by atoms with Crippen LogP contribution in [0, 0.1) is 0 Å². The standard InChI is InChI=1S/C5H7BrO/c6-3-1-2-5-4-7-5/h1-2,5H,3-4H2/b2-1+. The van der Waals surface area contributed by atoms with E-state index in [0.717, 1.165) is 11.9 Å². The van der Waals surface area contributed by atoms with Crippen molar-refractivity contribution in [3.05, 3.63) is 12.2 Å². The monoisotopic (exact) mass is 162 g/mol. The zero-order chi connectivity index (χ0) is 5.11. The zero-order valence-electron chi connectivity index (χ0n) is 3.93. The summed E-state index contributed by atoms with van der Waals surface area (Å²) in [5.41, 5.74) is 0. The molecule has 1 unspecified atom stereocenters. The molecule has 40 valence electrons. The van der Waals surface area contributed by atoms with Gasteiger partial charge in [-0.3, -0.25) is 0 Å². The third kappa shape index (κ3) is 2.09. The second-order valence-electron chi connectivity index (χ2n) is 1.45. The molecule has 0 radical (unpaired) electrons. The van der Waals surface area contributed by atoms with E-state index in [-0.39, 0.29) is 0 Å². The fraction of sp³-hybridized carbons (Fsp3) is 0.600. The maximum atomic E-state index is 4.90. The molecular formula is C5H7BrO. The summed E-state index contributed by atoms with van der Waals surface area (Å²) in [6, 6.07) is 0. The number of alkyl halides is 1. The van der Waals surface area contributed by atoms with E-state index in [4.69, 9.17) is 4.74 Å². The molecule has 2 heteroatoms. The van der Waals surface area contributed by atoms with Gasteiger partial charge in [0.25, 0.3) is 0 Å². The molecule has 0 spiro atoms. The van der Waals surface area contributed by atoms with E-state index in [1.807, 2.05) is 0 Å². The molecule has 1 rings (SSSR count). The van der Waals surface area contributed by atoms with Gasteiger partial charge in [-0.05, 0) is 0 Å². The molecule has 1 nitrogen and oxygen atoms in total. The van der Waals surface area contributed by atoms with Gasteiger partial charge in [0.15, 0.2) is 0 Å². The molecule has 1 heterocycles. The van der Waals surface area contributed by atoms with E-state index in [2.05, 4.69) is 28.1 Å². The normalized spacial score (nSPS) is 29.0. The quantitative estimate of drug-likeness (QED) is 0.340. The lowest BCUT2D eigenvalue weighted by atomic mass is 10.4. The highest BCUT2D eigenvalue weighted by Crippen LogP contribution is 2.09. The van der Waals surface area contributed by atoms with E-state index in [9.17, 15) is 0 Å². The van der Waals surface area contributed by atoms with Crippen LogP contribution in [0.4, 0.5) is 0 Å². The van der Waals surface area contributed by atoms with Crippen LogP contribution < -0.4 is 0 Å². The number of allylic oxidation sites excluding steroid dienone is 1. The van der Waals surface area contributed by atoms with E-state index >= 15 is 0 Å². The summed E-state index contributed by atoms with van der Waals surface area (Å²) in [4.78, 5) is 0. The Balaban J connectivity index is 2.05. The minimum atomic E-state index is 0.442. The van der Waals surface area contributed by atoms with Crippen LogP contribution in [0.2, 0.25) is 0 Å². The van der Waals surface area contributed by atoms with Crippen LogP contribution in [0.1, 0.15) is 0 Å². The van der Waals surface area contributed by atoms with Gasteiger partial charge in [0, 0.05) is 5.33 Å². The summed E-state index contributed by atoms with van der Waals surface area (Å²) in [5.74, 6) is 0. The van der Waals surface area contributed by atoms with Crippen molar-refractivity contribution in [2.45, 2.75) is 6.10 Å². The van der Waals surface area contributed by atoms with Crippen LogP contribution in [0.3, 0.4) is 0 Å². The van der Waals surface area contributed by atoms with Crippen molar-refractivity contribution in [3.63, 3.8) is 0 Å². The molecule has 1 aliphatic rings. The fourth-order valence-corrected chi connectivity index (χ4v) is 0.586. The molecule has 0 amide bonds. The van der Waals surface area contributed by atoms with Gasteiger partial charge in [0.1, 0.15) is 0 Å². The first-order chi connectivity index (χ1) is 3.43. The predicted molar refractivity (Wildman–Crippen MR) is 32.7 cm³/mol. The van der Waals surface area contributed by atoms with E-state index in [1.54, 1.807) is 0 Å². The van der Waals surface area contributed by atoms with Gasteiger partial charge < -0.3 is 4.74 Å². The van der Waals surface area contributed by atoms with Crippen LogP contribution in [0.15, 0.2) is 12.2 Å². The molecule has 0 bridgehead atoms. The van der Waals surface area contributed by atoms with Gasteiger partial charge in [-0.1, -0.05) is 28.1 Å². The van der Waals surface area contributed by atoms with E-state index in [1.165, 1.54) is 0 Å². The summed E-state index contributed by atoms with van der Waals surface area (Å²) >= 11 is 3.26. The molecule has 1 fully saturated rings.